The highest BCUT2D eigenvalue weighted by Gasteiger charge is 2.62. The Labute approximate surface area is 251 Å². The molecule has 0 aliphatic carbocycles. The number of hydrogen-bond donors (Lipinski definition) is 1. The quantitative estimate of drug-likeness (QED) is 0.249. The zero-order chi connectivity index (χ0) is 31.8. The number of likely N-dealkylation sites (N-methyl/N-ethyl adjacent to an activating group) is 1. The van der Waals surface area contributed by atoms with Gasteiger partial charge in [-0.15, -0.1) is 0 Å². The van der Waals surface area contributed by atoms with Crippen molar-refractivity contribution in [1.29, 1.82) is 0 Å². The molecule has 1 unspecified atom stereocenters. The van der Waals surface area contributed by atoms with Crippen LogP contribution in [0.3, 0.4) is 0 Å². The minimum atomic E-state index is -6.08. The SMILES string of the molecule is Cc1ccccc1-c1nc(NS(=O)c2cnn(C)c2)nc(Oc2cc(F)cc(N3CCN(C)CC3)c2)c1C(F)(F)C(F)(F)F. The Morgan fingerprint density at radius 1 is 0.977 bits per heavy atom. The maximum atomic E-state index is 15.4. The standard InChI is InChI=1S/C28H27F6N7O2S/c1-17-6-4-5-7-22(17)24-23(27(30,31)28(32,33)34)25(37-26(36-24)38-44(42)21-15-35-40(3)16-21)43-20-13-18(29)12-19(14-20)41-10-8-39(2)9-11-41/h4-7,12-16H,8-11H2,1-3H3,(H,36,37,38). The molecule has 1 fully saturated rings. The maximum Gasteiger partial charge on any atom is 0.458 e. The molecule has 1 aliphatic heterocycles. The van der Waals surface area contributed by atoms with Gasteiger partial charge < -0.3 is 14.5 Å². The molecular formula is C28H27F6N7O2S. The third-order valence-electron chi connectivity index (χ3n) is 6.96. The van der Waals surface area contributed by atoms with Crippen LogP contribution >= 0.6 is 0 Å². The predicted octanol–water partition coefficient (Wildman–Crippen LogP) is 5.66. The monoisotopic (exact) mass is 639 g/mol. The van der Waals surface area contributed by atoms with Gasteiger partial charge in [-0.25, -0.2) is 13.6 Å². The van der Waals surface area contributed by atoms with Crippen molar-refractivity contribution in [3.8, 4) is 22.9 Å². The van der Waals surface area contributed by atoms with Crippen LogP contribution in [0.1, 0.15) is 11.1 Å². The van der Waals surface area contributed by atoms with E-state index in [0.29, 0.717) is 37.4 Å². The minimum Gasteiger partial charge on any atom is -0.438 e. The molecule has 0 saturated carbocycles. The molecule has 9 nitrogen and oxygen atoms in total. The summed E-state index contributed by atoms with van der Waals surface area (Å²) < 4.78 is 110. The Morgan fingerprint density at radius 2 is 1.68 bits per heavy atom. The van der Waals surface area contributed by atoms with E-state index in [4.69, 9.17) is 4.74 Å². The van der Waals surface area contributed by atoms with Gasteiger partial charge in [-0.05, 0) is 25.6 Å². The number of aromatic nitrogens is 4. The van der Waals surface area contributed by atoms with Gasteiger partial charge >= 0.3 is 12.1 Å². The smallest absolute Gasteiger partial charge is 0.438 e. The first kappa shape index (κ1) is 31.3. The third-order valence-corrected chi connectivity index (χ3v) is 7.97. The first-order chi connectivity index (χ1) is 20.7. The molecule has 3 heterocycles. The number of alkyl halides is 5. The highest BCUT2D eigenvalue weighted by Crippen LogP contribution is 2.51. The summed E-state index contributed by atoms with van der Waals surface area (Å²) in [5.74, 6) is -8.44. The molecule has 44 heavy (non-hydrogen) atoms. The van der Waals surface area contributed by atoms with E-state index in [1.165, 1.54) is 54.3 Å². The van der Waals surface area contributed by atoms with E-state index in [-0.39, 0.29) is 16.2 Å². The second-order valence-corrected chi connectivity index (χ2v) is 11.4. The summed E-state index contributed by atoms with van der Waals surface area (Å²) in [7, 11) is 1.41. The van der Waals surface area contributed by atoms with Crippen LogP contribution in [-0.2, 0) is 24.0 Å². The van der Waals surface area contributed by atoms with Crippen molar-refractivity contribution in [3.05, 3.63) is 71.8 Å². The molecule has 1 aliphatic rings. The van der Waals surface area contributed by atoms with Crippen molar-refractivity contribution < 1.29 is 35.3 Å². The van der Waals surface area contributed by atoms with Crippen molar-refractivity contribution >= 4 is 22.6 Å². The Kier molecular flexibility index (Phi) is 8.57. The Morgan fingerprint density at radius 3 is 2.32 bits per heavy atom. The molecule has 0 radical (unpaired) electrons. The molecule has 5 rings (SSSR count). The number of anilines is 2. The number of piperazine rings is 1. The van der Waals surface area contributed by atoms with Crippen LogP contribution in [0.15, 0.2) is 59.8 Å². The van der Waals surface area contributed by atoms with Crippen LogP contribution in [0.2, 0.25) is 0 Å². The van der Waals surface area contributed by atoms with E-state index in [0.717, 1.165) is 6.07 Å². The van der Waals surface area contributed by atoms with Gasteiger partial charge in [0, 0.05) is 62.8 Å². The highest BCUT2D eigenvalue weighted by atomic mass is 32.2. The van der Waals surface area contributed by atoms with Gasteiger partial charge in [0.1, 0.15) is 17.1 Å². The molecule has 2 aromatic carbocycles. The van der Waals surface area contributed by atoms with Gasteiger partial charge in [0.05, 0.1) is 16.8 Å². The largest absolute Gasteiger partial charge is 0.458 e. The molecule has 1 atom stereocenters. The van der Waals surface area contributed by atoms with Crippen molar-refractivity contribution in [2.45, 2.75) is 23.9 Å². The summed E-state index contributed by atoms with van der Waals surface area (Å²) in [6, 6.07) is 9.23. The fourth-order valence-corrected chi connectivity index (χ4v) is 5.39. The van der Waals surface area contributed by atoms with Gasteiger partial charge in [0.2, 0.25) is 11.8 Å². The zero-order valence-corrected chi connectivity index (χ0v) is 24.5. The van der Waals surface area contributed by atoms with Crippen LogP contribution in [0.5, 0.6) is 11.6 Å². The molecule has 4 aromatic rings. The fourth-order valence-electron chi connectivity index (χ4n) is 4.62. The van der Waals surface area contributed by atoms with Gasteiger partial charge in [-0.2, -0.15) is 32.0 Å². The lowest BCUT2D eigenvalue weighted by atomic mass is 9.98. The molecule has 1 saturated heterocycles. The Bertz CT molecular complexity index is 1690. The molecule has 2 aromatic heterocycles. The van der Waals surface area contributed by atoms with Crippen LogP contribution in [-0.4, -0.2) is 68.3 Å². The number of halogens is 6. The number of ether oxygens (including phenoxy) is 1. The lowest BCUT2D eigenvalue weighted by Gasteiger charge is -2.34. The fraction of sp³-hybridized carbons (Fsp3) is 0.321. The first-order valence-electron chi connectivity index (χ1n) is 13.2. The average molecular weight is 640 g/mol. The van der Waals surface area contributed by atoms with E-state index in [2.05, 4.69) is 24.7 Å². The van der Waals surface area contributed by atoms with E-state index < -0.39 is 52.0 Å². The minimum absolute atomic E-state index is 0.0775. The molecule has 0 bridgehead atoms. The average Bonchev–Trinajstić information content (AvgIpc) is 3.39. The predicted molar refractivity (Wildman–Crippen MR) is 152 cm³/mol. The van der Waals surface area contributed by atoms with Gasteiger partial charge in [0.25, 0.3) is 0 Å². The molecule has 1 N–H and O–H groups in total. The van der Waals surface area contributed by atoms with Crippen LogP contribution in [0.4, 0.5) is 38.0 Å². The molecule has 0 amide bonds. The Balaban J connectivity index is 1.68. The van der Waals surface area contributed by atoms with Crippen LogP contribution in [0.25, 0.3) is 11.3 Å². The topological polar surface area (TPSA) is 88.4 Å². The van der Waals surface area contributed by atoms with Crippen molar-refractivity contribution in [2.24, 2.45) is 7.05 Å². The normalized spacial score (nSPS) is 15.3. The highest BCUT2D eigenvalue weighted by molar-refractivity contribution is 7.86. The molecule has 16 heteroatoms. The zero-order valence-electron chi connectivity index (χ0n) is 23.7. The number of nitrogens with zero attached hydrogens (tertiary/aromatic N) is 6. The van der Waals surface area contributed by atoms with Crippen molar-refractivity contribution in [1.82, 2.24) is 24.6 Å². The summed E-state index contributed by atoms with van der Waals surface area (Å²) in [5.41, 5.74) is -1.90. The van der Waals surface area contributed by atoms with Crippen molar-refractivity contribution in [2.75, 3.05) is 42.8 Å². The molecular weight excluding hydrogens is 612 g/mol. The second-order valence-electron chi connectivity index (χ2n) is 10.2. The lowest BCUT2D eigenvalue weighted by molar-refractivity contribution is -0.289. The summed E-state index contributed by atoms with van der Waals surface area (Å²) in [4.78, 5) is 11.9. The van der Waals surface area contributed by atoms with Gasteiger partial charge in [-0.1, -0.05) is 24.3 Å². The maximum absolute atomic E-state index is 15.4. The summed E-state index contributed by atoms with van der Waals surface area (Å²) in [6.45, 7) is 3.89. The second kappa shape index (κ2) is 12.1. The van der Waals surface area contributed by atoms with Crippen molar-refractivity contribution in [3.63, 3.8) is 0 Å². The Hall–Kier alpha value is -4.18. The van der Waals surface area contributed by atoms with Crippen LogP contribution < -0.4 is 14.4 Å². The van der Waals surface area contributed by atoms with E-state index in [1.54, 1.807) is 13.1 Å². The summed E-state index contributed by atoms with van der Waals surface area (Å²) in [6.07, 6.45) is -3.41. The number of nitrogens with one attached hydrogen (secondary N) is 1. The van der Waals surface area contributed by atoms with E-state index in [1.807, 2.05) is 11.9 Å². The van der Waals surface area contributed by atoms with Gasteiger partial charge in [0.15, 0.2) is 11.0 Å². The number of hydrogen-bond acceptors (Lipinski definition) is 7. The molecule has 234 valence electrons. The number of aryl methyl sites for hydroxylation is 2. The van der Waals surface area contributed by atoms with Gasteiger partial charge in [-0.3, -0.25) is 9.40 Å². The van der Waals surface area contributed by atoms with E-state index in [9.17, 15) is 21.8 Å². The number of benzene rings is 2. The third kappa shape index (κ3) is 6.50. The summed E-state index contributed by atoms with van der Waals surface area (Å²) in [5, 5.41) is 3.91. The first-order valence-corrected chi connectivity index (χ1v) is 14.4. The number of rotatable bonds is 8. The lowest BCUT2D eigenvalue weighted by Crippen LogP contribution is -2.44. The summed E-state index contributed by atoms with van der Waals surface area (Å²) >= 11 is 0. The molecule has 0 spiro atoms. The van der Waals surface area contributed by atoms with E-state index >= 15 is 8.78 Å². The van der Waals surface area contributed by atoms with Crippen LogP contribution in [0, 0.1) is 12.7 Å².